The zero-order valence-electron chi connectivity index (χ0n) is 12.5. The summed E-state index contributed by atoms with van der Waals surface area (Å²) < 4.78 is 0. The summed E-state index contributed by atoms with van der Waals surface area (Å²) in [5.74, 6) is 1.57. The predicted octanol–water partition coefficient (Wildman–Crippen LogP) is 2.50. The first-order valence-electron chi connectivity index (χ1n) is 6.92. The molecule has 2 N–H and O–H groups in total. The SMILES string of the molecule is CCc1cc2c(N(C)CCC(C)O)nc(NC)nc2s1. The minimum atomic E-state index is -0.299. The van der Waals surface area contributed by atoms with E-state index >= 15 is 0 Å². The number of anilines is 2. The normalized spacial score (nSPS) is 12.7. The molecule has 2 heterocycles. The number of hydrogen-bond donors (Lipinski definition) is 2. The Hall–Kier alpha value is -1.40. The summed E-state index contributed by atoms with van der Waals surface area (Å²) in [6.07, 6.45) is 1.43. The monoisotopic (exact) mass is 294 g/mol. The maximum Gasteiger partial charge on any atom is 0.225 e. The molecule has 2 aromatic rings. The van der Waals surface area contributed by atoms with Crippen molar-refractivity contribution >= 4 is 33.3 Å². The van der Waals surface area contributed by atoms with Crippen molar-refractivity contribution in [3.05, 3.63) is 10.9 Å². The number of nitrogens with zero attached hydrogens (tertiary/aromatic N) is 3. The number of nitrogens with one attached hydrogen (secondary N) is 1. The number of aliphatic hydroxyl groups is 1. The smallest absolute Gasteiger partial charge is 0.225 e. The molecule has 0 aliphatic heterocycles. The van der Waals surface area contributed by atoms with E-state index in [9.17, 15) is 5.11 Å². The lowest BCUT2D eigenvalue weighted by molar-refractivity contribution is 0.187. The molecule has 0 spiro atoms. The van der Waals surface area contributed by atoms with E-state index < -0.39 is 0 Å². The fraction of sp³-hybridized carbons (Fsp3) is 0.571. The molecule has 0 aliphatic carbocycles. The van der Waals surface area contributed by atoms with Gasteiger partial charge in [0.2, 0.25) is 5.95 Å². The van der Waals surface area contributed by atoms with Crippen LogP contribution in [0, 0.1) is 0 Å². The van der Waals surface area contributed by atoms with Gasteiger partial charge in [0.25, 0.3) is 0 Å². The van der Waals surface area contributed by atoms with Crippen LogP contribution in [0.5, 0.6) is 0 Å². The average molecular weight is 294 g/mol. The topological polar surface area (TPSA) is 61.3 Å². The third-order valence-corrected chi connectivity index (χ3v) is 4.41. The number of aliphatic hydroxyl groups excluding tert-OH is 1. The van der Waals surface area contributed by atoms with Crippen molar-refractivity contribution in [2.45, 2.75) is 32.8 Å². The molecule has 0 fully saturated rings. The highest BCUT2D eigenvalue weighted by Crippen LogP contribution is 2.32. The Morgan fingerprint density at radius 2 is 2.20 bits per heavy atom. The third kappa shape index (κ3) is 3.19. The van der Waals surface area contributed by atoms with Crippen LogP contribution in [-0.2, 0) is 6.42 Å². The molecule has 0 saturated carbocycles. The highest BCUT2D eigenvalue weighted by Gasteiger charge is 2.14. The molecule has 0 bridgehead atoms. The molecule has 0 aromatic carbocycles. The second-order valence-corrected chi connectivity index (χ2v) is 6.08. The second-order valence-electron chi connectivity index (χ2n) is 4.97. The van der Waals surface area contributed by atoms with Gasteiger partial charge >= 0.3 is 0 Å². The van der Waals surface area contributed by atoms with Crippen molar-refractivity contribution < 1.29 is 5.11 Å². The van der Waals surface area contributed by atoms with Gasteiger partial charge in [-0.05, 0) is 25.8 Å². The maximum absolute atomic E-state index is 9.43. The standard InChI is InChI=1S/C14H22N4OS/c1-5-10-8-11-12(18(4)7-6-9(2)19)16-14(15-3)17-13(11)20-10/h8-9,19H,5-7H2,1-4H3,(H,15,16,17). The summed E-state index contributed by atoms with van der Waals surface area (Å²) in [6, 6.07) is 2.17. The van der Waals surface area contributed by atoms with Crippen LogP contribution >= 0.6 is 11.3 Å². The lowest BCUT2D eigenvalue weighted by atomic mass is 10.2. The zero-order chi connectivity index (χ0) is 14.7. The number of hydrogen-bond acceptors (Lipinski definition) is 6. The van der Waals surface area contributed by atoms with Crippen molar-refractivity contribution in [2.24, 2.45) is 0 Å². The Balaban J connectivity index is 2.40. The molecule has 2 rings (SSSR count). The Labute approximate surface area is 123 Å². The molecule has 1 unspecified atom stereocenters. The summed E-state index contributed by atoms with van der Waals surface area (Å²) in [5.41, 5.74) is 0. The van der Waals surface area contributed by atoms with E-state index in [0.717, 1.165) is 35.4 Å². The summed E-state index contributed by atoms with van der Waals surface area (Å²) in [6.45, 7) is 4.72. The molecule has 6 heteroatoms. The lowest BCUT2D eigenvalue weighted by Gasteiger charge is -2.20. The van der Waals surface area contributed by atoms with E-state index in [1.165, 1.54) is 4.88 Å². The average Bonchev–Trinajstić information content (AvgIpc) is 2.86. The predicted molar refractivity (Wildman–Crippen MR) is 85.9 cm³/mol. The van der Waals surface area contributed by atoms with Gasteiger partial charge in [-0.15, -0.1) is 11.3 Å². The summed E-state index contributed by atoms with van der Waals surface area (Å²) >= 11 is 1.72. The van der Waals surface area contributed by atoms with Crippen molar-refractivity contribution in [2.75, 3.05) is 30.9 Å². The number of fused-ring (bicyclic) bond motifs is 1. The first-order chi connectivity index (χ1) is 9.55. The molecule has 2 aromatic heterocycles. The van der Waals surface area contributed by atoms with Crippen LogP contribution in [0.3, 0.4) is 0 Å². The second kappa shape index (κ2) is 6.37. The molecule has 0 aliphatic rings. The van der Waals surface area contributed by atoms with Crippen LogP contribution in [0.2, 0.25) is 0 Å². The van der Waals surface area contributed by atoms with Crippen molar-refractivity contribution in [3.63, 3.8) is 0 Å². The van der Waals surface area contributed by atoms with Crippen LogP contribution in [0.25, 0.3) is 10.2 Å². The van der Waals surface area contributed by atoms with Gasteiger partial charge in [-0.1, -0.05) is 6.92 Å². The number of aryl methyl sites for hydroxylation is 1. The molecule has 0 saturated heterocycles. The van der Waals surface area contributed by atoms with Gasteiger partial charge in [0.15, 0.2) is 0 Å². The highest BCUT2D eigenvalue weighted by molar-refractivity contribution is 7.18. The van der Waals surface area contributed by atoms with Gasteiger partial charge in [0.05, 0.1) is 11.5 Å². The van der Waals surface area contributed by atoms with Gasteiger partial charge in [0.1, 0.15) is 10.6 Å². The summed E-state index contributed by atoms with van der Waals surface area (Å²) in [5, 5.41) is 13.5. The Kier molecular flexibility index (Phi) is 4.77. The van der Waals surface area contributed by atoms with Crippen LogP contribution in [0.15, 0.2) is 6.07 Å². The number of aromatic nitrogens is 2. The Bertz CT molecular complexity index is 582. The van der Waals surface area contributed by atoms with Crippen LogP contribution in [-0.4, -0.2) is 41.8 Å². The summed E-state index contributed by atoms with van der Waals surface area (Å²) in [7, 11) is 3.84. The highest BCUT2D eigenvalue weighted by atomic mass is 32.1. The maximum atomic E-state index is 9.43. The fourth-order valence-corrected chi connectivity index (χ4v) is 2.98. The number of rotatable bonds is 6. The van der Waals surface area contributed by atoms with Gasteiger partial charge < -0.3 is 15.3 Å². The first kappa shape index (κ1) is 15.0. The molecular formula is C14H22N4OS. The van der Waals surface area contributed by atoms with Gasteiger partial charge in [-0.2, -0.15) is 4.98 Å². The van der Waals surface area contributed by atoms with E-state index in [2.05, 4.69) is 33.2 Å². The Morgan fingerprint density at radius 3 is 2.80 bits per heavy atom. The largest absolute Gasteiger partial charge is 0.393 e. The molecule has 20 heavy (non-hydrogen) atoms. The molecule has 110 valence electrons. The van der Waals surface area contributed by atoms with E-state index in [4.69, 9.17) is 0 Å². The minimum Gasteiger partial charge on any atom is -0.393 e. The quantitative estimate of drug-likeness (QED) is 0.857. The van der Waals surface area contributed by atoms with Crippen LogP contribution < -0.4 is 10.2 Å². The van der Waals surface area contributed by atoms with E-state index in [0.29, 0.717) is 5.95 Å². The van der Waals surface area contributed by atoms with Crippen molar-refractivity contribution in [1.29, 1.82) is 0 Å². The minimum absolute atomic E-state index is 0.299. The van der Waals surface area contributed by atoms with E-state index in [-0.39, 0.29) is 6.10 Å². The molecule has 0 radical (unpaired) electrons. The van der Waals surface area contributed by atoms with Gasteiger partial charge in [-0.3, -0.25) is 0 Å². The Morgan fingerprint density at radius 1 is 1.45 bits per heavy atom. The number of thiophene rings is 1. The molecular weight excluding hydrogens is 272 g/mol. The first-order valence-corrected chi connectivity index (χ1v) is 7.74. The van der Waals surface area contributed by atoms with Crippen molar-refractivity contribution in [3.8, 4) is 0 Å². The summed E-state index contributed by atoms with van der Waals surface area (Å²) in [4.78, 5) is 13.5. The fourth-order valence-electron chi connectivity index (χ4n) is 2.02. The van der Waals surface area contributed by atoms with Gasteiger partial charge in [-0.25, -0.2) is 4.98 Å². The van der Waals surface area contributed by atoms with E-state index in [1.807, 2.05) is 21.0 Å². The lowest BCUT2D eigenvalue weighted by Crippen LogP contribution is -2.23. The van der Waals surface area contributed by atoms with E-state index in [1.54, 1.807) is 11.3 Å². The third-order valence-electron chi connectivity index (χ3n) is 3.24. The van der Waals surface area contributed by atoms with Crippen molar-refractivity contribution in [1.82, 2.24) is 9.97 Å². The van der Waals surface area contributed by atoms with Crippen LogP contribution in [0.1, 0.15) is 25.1 Å². The van der Waals surface area contributed by atoms with Crippen LogP contribution in [0.4, 0.5) is 11.8 Å². The molecule has 5 nitrogen and oxygen atoms in total. The zero-order valence-corrected chi connectivity index (χ0v) is 13.3. The van der Waals surface area contributed by atoms with Gasteiger partial charge in [0, 0.05) is 25.5 Å². The molecule has 0 amide bonds. The molecule has 1 atom stereocenters.